The summed E-state index contributed by atoms with van der Waals surface area (Å²) in [5, 5.41) is 3.59. The first-order valence-electron chi connectivity index (χ1n) is 7.12. The Morgan fingerprint density at radius 2 is 2.00 bits per heavy atom. The molecule has 1 rings (SSSR count). The highest BCUT2D eigenvalue weighted by atomic mass is 16.5. The number of methoxy groups -OCH3 is 1. The molecule has 0 radical (unpaired) electrons. The van der Waals surface area contributed by atoms with Gasteiger partial charge in [0.05, 0.1) is 12.1 Å². The normalized spacial score (nSPS) is 21.1. The lowest BCUT2D eigenvalue weighted by Crippen LogP contribution is -2.46. The maximum Gasteiger partial charge on any atom is 0.0790 e. The van der Waals surface area contributed by atoms with Gasteiger partial charge in [-0.1, -0.05) is 38.3 Å². The van der Waals surface area contributed by atoms with Crippen molar-refractivity contribution in [2.24, 2.45) is 5.92 Å². The van der Waals surface area contributed by atoms with Crippen LogP contribution in [0.25, 0.3) is 0 Å². The van der Waals surface area contributed by atoms with Crippen molar-refractivity contribution in [2.45, 2.75) is 64.5 Å². The fourth-order valence-electron chi connectivity index (χ4n) is 2.93. The van der Waals surface area contributed by atoms with Gasteiger partial charge in [0.25, 0.3) is 0 Å². The van der Waals surface area contributed by atoms with E-state index in [2.05, 4.69) is 25.7 Å². The van der Waals surface area contributed by atoms with Crippen molar-refractivity contribution in [3.63, 3.8) is 0 Å². The van der Waals surface area contributed by atoms with E-state index in [0.717, 1.165) is 13.0 Å². The molecule has 100 valence electrons. The summed E-state index contributed by atoms with van der Waals surface area (Å²) in [5.41, 5.74) is 1.20. The Balaban J connectivity index is 2.62. The highest BCUT2D eigenvalue weighted by molar-refractivity contribution is 5.07. The van der Waals surface area contributed by atoms with Crippen LogP contribution < -0.4 is 5.32 Å². The second kappa shape index (κ2) is 7.88. The molecule has 1 saturated carbocycles. The van der Waals surface area contributed by atoms with Crippen LogP contribution in [0, 0.1) is 5.92 Å². The highest BCUT2D eigenvalue weighted by Crippen LogP contribution is 2.30. The van der Waals surface area contributed by atoms with Crippen molar-refractivity contribution in [2.75, 3.05) is 13.7 Å². The second-order valence-electron chi connectivity index (χ2n) is 5.38. The van der Waals surface area contributed by atoms with Gasteiger partial charge in [-0.2, -0.15) is 0 Å². The number of hydrogen-bond donors (Lipinski definition) is 1. The predicted octanol–water partition coefficient (Wildman–Crippen LogP) is 3.53. The topological polar surface area (TPSA) is 21.3 Å². The molecular weight excluding hydrogens is 210 g/mol. The molecule has 0 aromatic carbocycles. The smallest absolute Gasteiger partial charge is 0.0790 e. The van der Waals surface area contributed by atoms with Gasteiger partial charge in [-0.25, -0.2) is 0 Å². The molecule has 1 fully saturated rings. The van der Waals surface area contributed by atoms with E-state index in [1.165, 1.54) is 37.7 Å². The Kier molecular flexibility index (Phi) is 6.83. The lowest BCUT2D eigenvalue weighted by atomic mass is 9.81. The second-order valence-corrected chi connectivity index (χ2v) is 5.38. The average Bonchev–Trinajstić information content (AvgIpc) is 2.35. The van der Waals surface area contributed by atoms with Crippen LogP contribution in [0.1, 0.15) is 52.4 Å². The largest absolute Gasteiger partial charge is 0.379 e. The molecule has 0 aromatic rings. The van der Waals surface area contributed by atoms with Crippen molar-refractivity contribution in [1.82, 2.24) is 5.32 Å². The van der Waals surface area contributed by atoms with Crippen LogP contribution in [-0.4, -0.2) is 25.8 Å². The van der Waals surface area contributed by atoms with Gasteiger partial charge in [-0.3, -0.25) is 0 Å². The number of hydrogen-bond acceptors (Lipinski definition) is 2. The fraction of sp³-hybridized carbons (Fsp3) is 0.867. The van der Waals surface area contributed by atoms with Gasteiger partial charge in [0, 0.05) is 7.11 Å². The zero-order valence-electron chi connectivity index (χ0n) is 11.8. The first-order chi connectivity index (χ1) is 8.20. The summed E-state index contributed by atoms with van der Waals surface area (Å²) in [6.45, 7) is 9.49. The molecular formula is C15H29NO. The molecule has 0 heterocycles. The Labute approximate surface area is 107 Å². The van der Waals surface area contributed by atoms with Gasteiger partial charge < -0.3 is 10.1 Å². The summed E-state index contributed by atoms with van der Waals surface area (Å²) in [6.07, 6.45) is 8.21. The van der Waals surface area contributed by atoms with E-state index < -0.39 is 0 Å². The van der Waals surface area contributed by atoms with E-state index in [-0.39, 0.29) is 0 Å². The average molecular weight is 239 g/mol. The molecule has 2 atom stereocenters. The molecule has 0 bridgehead atoms. The molecule has 0 aliphatic heterocycles. The number of rotatable bonds is 7. The first kappa shape index (κ1) is 14.7. The molecule has 1 N–H and O–H groups in total. The molecule has 0 saturated heterocycles. The summed E-state index contributed by atoms with van der Waals surface area (Å²) >= 11 is 0. The lowest BCUT2D eigenvalue weighted by Gasteiger charge is -2.35. The Morgan fingerprint density at radius 3 is 2.47 bits per heavy atom. The van der Waals surface area contributed by atoms with Crippen LogP contribution in [0.5, 0.6) is 0 Å². The molecule has 0 aromatic heterocycles. The Hall–Kier alpha value is -0.340. The molecule has 2 heteroatoms. The van der Waals surface area contributed by atoms with Crippen LogP contribution in [0.2, 0.25) is 0 Å². The Bertz CT molecular complexity index is 221. The molecule has 17 heavy (non-hydrogen) atoms. The Morgan fingerprint density at radius 1 is 1.35 bits per heavy atom. The van der Waals surface area contributed by atoms with E-state index in [1.54, 1.807) is 0 Å². The molecule has 0 amide bonds. The van der Waals surface area contributed by atoms with Crippen LogP contribution in [0.3, 0.4) is 0 Å². The third kappa shape index (κ3) is 4.44. The van der Waals surface area contributed by atoms with Gasteiger partial charge in [-0.15, -0.1) is 0 Å². The van der Waals surface area contributed by atoms with Crippen LogP contribution >= 0.6 is 0 Å². The van der Waals surface area contributed by atoms with E-state index in [4.69, 9.17) is 4.74 Å². The van der Waals surface area contributed by atoms with Crippen molar-refractivity contribution in [3.8, 4) is 0 Å². The van der Waals surface area contributed by atoms with Gasteiger partial charge in [0.1, 0.15) is 0 Å². The van der Waals surface area contributed by atoms with Crippen LogP contribution in [0.15, 0.2) is 12.2 Å². The summed E-state index contributed by atoms with van der Waals surface area (Å²) in [5.74, 6) is 0.708. The lowest BCUT2D eigenvalue weighted by molar-refractivity contribution is 0.0172. The third-order valence-corrected chi connectivity index (χ3v) is 3.86. The van der Waals surface area contributed by atoms with Gasteiger partial charge >= 0.3 is 0 Å². The standard InChI is InChI=1S/C15H29NO/c1-5-11-16-14(12(2)3)15(17-4)13-9-7-6-8-10-13/h13-16H,2,5-11H2,1,3-4H3. The summed E-state index contributed by atoms with van der Waals surface area (Å²) in [4.78, 5) is 0. The van der Waals surface area contributed by atoms with Crippen molar-refractivity contribution in [1.29, 1.82) is 0 Å². The van der Waals surface area contributed by atoms with E-state index in [1.807, 2.05) is 7.11 Å². The minimum absolute atomic E-state index is 0.305. The number of nitrogens with one attached hydrogen (secondary N) is 1. The zero-order valence-corrected chi connectivity index (χ0v) is 11.8. The van der Waals surface area contributed by atoms with E-state index in [9.17, 15) is 0 Å². The first-order valence-corrected chi connectivity index (χ1v) is 7.12. The van der Waals surface area contributed by atoms with Gasteiger partial charge in [0.15, 0.2) is 0 Å². The van der Waals surface area contributed by atoms with Gasteiger partial charge in [-0.05, 0) is 38.6 Å². The van der Waals surface area contributed by atoms with Crippen LogP contribution in [-0.2, 0) is 4.74 Å². The van der Waals surface area contributed by atoms with E-state index >= 15 is 0 Å². The maximum absolute atomic E-state index is 5.79. The third-order valence-electron chi connectivity index (χ3n) is 3.86. The number of ether oxygens (including phenoxy) is 1. The molecule has 1 aliphatic carbocycles. The highest BCUT2D eigenvalue weighted by Gasteiger charge is 2.30. The minimum Gasteiger partial charge on any atom is -0.379 e. The monoisotopic (exact) mass is 239 g/mol. The van der Waals surface area contributed by atoms with E-state index in [0.29, 0.717) is 18.1 Å². The van der Waals surface area contributed by atoms with Crippen molar-refractivity contribution < 1.29 is 4.74 Å². The molecule has 0 spiro atoms. The summed E-state index contributed by atoms with van der Waals surface area (Å²) in [7, 11) is 1.85. The molecule has 2 nitrogen and oxygen atoms in total. The zero-order chi connectivity index (χ0) is 12.7. The molecule has 1 aliphatic rings. The quantitative estimate of drug-likeness (QED) is 0.686. The minimum atomic E-state index is 0.305. The molecule has 2 unspecified atom stereocenters. The fourth-order valence-corrected chi connectivity index (χ4v) is 2.93. The SMILES string of the molecule is C=C(C)C(NCCC)C(OC)C1CCCCC1. The van der Waals surface area contributed by atoms with Crippen molar-refractivity contribution >= 4 is 0 Å². The maximum atomic E-state index is 5.79. The summed E-state index contributed by atoms with van der Waals surface area (Å²) in [6, 6.07) is 0.322. The van der Waals surface area contributed by atoms with Crippen molar-refractivity contribution in [3.05, 3.63) is 12.2 Å². The van der Waals surface area contributed by atoms with Gasteiger partial charge in [0.2, 0.25) is 0 Å². The summed E-state index contributed by atoms with van der Waals surface area (Å²) < 4.78 is 5.79. The van der Waals surface area contributed by atoms with Crippen LogP contribution in [0.4, 0.5) is 0 Å². The predicted molar refractivity (Wildman–Crippen MR) is 74.3 cm³/mol.